The Morgan fingerprint density at radius 1 is 1.32 bits per heavy atom. The van der Waals surface area contributed by atoms with Gasteiger partial charge in [-0.25, -0.2) is 14.6 Å². The largest absolute Gasteiger partial charge is 0.361 e. The van der Waals surface area contributed by atoms with Crippen LogP contribution in [0.25, 0.3) is 11.0 Å². The SMILES string of the molecule is C[C@@H](Nc1ncnc2c1cnn2CCC#N)c1ccccn1. The highest BCUT2D eigenvalue weighted by atomic mass is 15.3. The molecule has 0 bridgehead atoms. The maximum atomic E-state index is 8.69. The van der Waals surface area contributed by atoms with Crippen molar-refractivity contribution in [1.82, 2.24) is 24.7 Å². The minimum absolute atomic E-state index is 0.0155. The van der Waals surface area contributed by atoms with E-state index in [1.165, 1.54) is 6.33 Å². The minimum atomic E-state index is 0.0155. The molecule has 3 heterocycles. The molecule has 7 nitrogen and oxygen atoms in total. The first kappa shape index (κ1) is 13.9. The van der Waals surface area contributed by atoms with Crippen molar-refractivity contribution in [3.8, 4) is 6.07 Å². The molecule has 22 heavy (non-hydrogen) atoms. The second kappa shape index (κ2) is 6.18. The lowest BCUT2D eigenvalue weighted by Crippen LogP contribution is -2.10. The topological polar surface area (TPSA) is 92.3 Å². The van der Waals surface area contributed by atoms with E-state index < -0.39 is 0 Å². The molecule has 3 aromatic rings. The molecule has 0 spiro atoms. The number of nitrogens with one attached hydrogen (secondary N) is 1. The fourth-order valence-electron chi connectivity index (χ4n) is 2.24. The van der Waals surface area contributed by atoms with Crippen molar-refractivity contribution in [2.45, 2.75) is 25.9 Å². The van der Waals surface area contributed by atoms with Crippen LogP contribution in [-0.4, -0.2) is 24.7 Å². The van der Waals surface area contributed by atoms with E-state index in [-0.39, 0.29) is 6.04 Å². The lowest BCUT2D eigenvalue weighted by Gasteiger charge is -2.14. The van der Waals surface area contributed by atoms with E-state index in [1.807, 2.05) is 25.1 Å². The van der Waals surface area contributed by atoms with Gasteiger partial charge in [0.25, 0.3) is 0 Å². The molecule has 0 fully saturated rings. The van der Waals surface area contributed by atoms with Crippen molar-refractivity contribution < 1.29 is 0 Å². The molecule has 0 unspecified atom stereocenters. The number of fused-ring (bicyclic) bond motifs is 1. The van der Waals surface area contributed by atoms with Gasteiger partial charge in [0, 0.05) is 6.20 Å². The molecule has 1 atom stereocenters. The predicted octanol–water partition coefficient (Wildman–Crippen LogP) is 2.31. The van der Waals surface area contributed by atoms with Gasteiger partial charge in [0.1, 0.15) is 12.1 Å². The lowest BCUT2D eigenvalue weighted by molar-refractivity contribution is 0.643. The smallest absolute Gasteiger partial charge is 0.163 e. The summed E-state index contributed by atoms with van der Waals surface area (Å²) in [5, 5.41) is 17.1. The van der Waals surface area contributed by atoms with E-state index in [1.54, 1.807) is 17.1 Å². The number of nitrogens with zero attached hydrogens (tertiary/aromatic N) is 6. The van der Waals surface area contributed by atoms with Crippen LogP contribution in [0.3, 0.4) is 0 Å². The van der Waals surface area contributed by atoms with Crippen LogP contribution < -0.4 is 5.32 Å². The maximum absolute atomic E-state index is 8.69. The third kappa shape index (κ3) is 2.72. The molecule has 0 saturated carbocycles. The quantitative estimate of drug-likeness (QED) is 0.776. The van der Waals surface area contributed by atoms with E-state index in [4.69, 9.17) is 5.26 Å². The molecule has 3 rings (SSSR count). The van der Waals surface area contributed by atoms with Gasteiger partial charge in [-0.05, 0) is 19.1 Å². The first-order chi connectivity index (χ1) is 10.8. The number of aryl methyl sites for hydroxylation is 1. The molecule has 0 aromatic carbocycles. The summed E-state index contributed by atoms with van der Waals surface area (Å²) < 4.78 is 1.72. The van der Waals surface area contributed by atoms with Gasteiger partial charge in [0.2, 0.25) is 0 Å². The fraction of sp³-hybridized carbons (Fsp3) is 0.267. The van der Waals surface area contributed by atoms with Gasteiger partial charge >= 0.3 is 0 Å². The second-order valence-corrected chi connectivity index (χ2v) is 4.86. The molecule has 0 radical (unpaired) electrons. The third-order valence-corrected chi connectivity index (χ3v) is 3.35. The van der Waals surface area contributed by atoms with Crippen molar-refractivity contribution in [3.05, 3.63) is 42.6 Å². The zero-order chi connectivity index (χ0) is 15.4. The molecular weight excluding hydrogens is 278 g/mol. The van der Waals surface area contributed by atoms with E-state index >= 15 is 0 Å². The fourth-order valence-corrected chi connectivity index (χ4v) is 2.24. The van der Waals surface area contributed by atoms with Crippen molar-refractivity contribution in [3.63, 3.8) is 0 Å². The van der Waals surface area contributed by atoms with E-state index in [2.05, 4.69) is 31.4 Å². The number of hydrogen-bond acceptors (Lipinski definition) is 6. The van der Waals surface area contributed by atoms with E-state index in [0.717, 1.165) is 16.7 Å². The molecule has 110 valence electrons. The number of pyridine rings is 1. The standard InChI is InChI=1S/C15H15N7/c1-11(13-5-2-3-7-17-13)21-14-12-9-20-22(8-4-6-16)15(12)19-10-18-14/h2-3,5,7,9-11H,4,8H2,1H3,(H,18,19,21)/t11-/m1/s1. The van der Waals surface area contributed by atoms with Gasteiger partial charge in [-0.15, -0.1) is 0 Å². The van der Waals surface area contributed by atoms with Crippen LogP contribution in [0.2, 0.25) is 0 Å². The Morgan fingerprint density at radius 2 is 2.23 bits per heavy atom. The highest BCUT2D eigenvalue weighted by Gasteiger charge is 2.13. The van der Waals surface area contributed by atoms with Crippen molar-refractivity contribution in [2.75, 3.05) is 5.32 Å². The van der Waals surface area contributed by atoms with Crippen molar-refractivity contribution >= 4 is 16.9 Å². The number of aromatic nitrogens is 5. The molecule has 0 amide bonds. The van der Waals surface area contributed by atoms with Gasteiger partial charge in [-0.1, -0.05) is 6.07 Å². The van der Waals surface area contributed by atoms with Gasteiger partial charge in [-0.2, -0.15) is 10.4 Å². The molecule has 0 saturated heterocycles. The zero-order valence-corrected chi connectivity index (χ0v) is 12.1. The Labute approximate surface area is 127 Å². The summed E-state index contributed by atoms with van der Waals surface area (Å²) in [7, 11) is 0. The normalized spacial score (nSPS) is 12.0. The predicted molar refractivity (Wildman–Crippen MR) is 81.8 cm³/mol. The Balaban J connectivity index is 1.88. The Bertz CT molecular complexity index is 804. The van der Waals surface area contributed by atoms with Crippen LogP contribution >= 0.6 is 0 Å². The lowest BCUT2D eigenvalue weighted by atomic mass is 10.2. The average Bonchev–Trinajstić information content (AvgIpc) is 2.98. The summed E-state index contributed by atoms with van der Waals surface area (Å²) in [6, 6.07) is 7.93. The van der Waals surface area contributed by atoms with Crippen LogP contribution in [0.5, 0.6) is 0 Å². The van der Waals surface area contributed by atoms with Crippen molar-refractivity contribution in [1.29, 1.82) is 5.26 Å². The molecule has 0 aliphatic heterocycles. The molecule has 1 N–H and O–H groups in total. The van der Waals surface area contributed by atoms with Gasteiger partial charge in [0.15, 0.2) is 5.65 Å². The Kier molecular flexibility index (Phi) is 3.92. The first-order valence-corrected chi connectivity index (χ1v) is 7.00. The molecule has 0 aliphatic carbocycles. The summed E-state index contributed by atoms with van der Waals surface area (Å²) in [5.41, 5.74) is 1.66. The van der Waals surface area contributed by atoms with Gasteiger partial charge < -0.3 is 5.32 Å². The molecule has 7 heteroatoms. The Morgan fingerprint density at radius 3 is 3.00 bits per heavy atom. The monoisotopic (exact) mass is 293 g/mol. The van der Waals surface area contributed by atoms with Crippen LogP contribution in [0.1, 0.15) is 25.1 Å². The number of rotatable bonds is 5. The molecule has 3 aromatic heterocycles. The second-order valence-electron chi connectivity index (χ2n) is 4.86. The first-order valence-electron chi connectivity index (χ1n) is 7.00. The minimum Gasteiger partial charge on any atom is -0.361 e. The summed E-state index contributed by atoms with van der Waals surface area (Å²) in [6.45, 7) is 2.54. The number of hydrogen-bond donors (Lipinski definition) is 1. The highest BCUT2D eigenvalue weighted by molar-refractivity contribution is 5.86. The third-order valence-electron chi connectivity index (χ3n) is 3.35. The average molecular weight is 293 g/mol. The van der Waals surface area contributed by atoms with E-state index in [9.17, 15) is 0 Å². The zero-order valence-electron chi connectivity index (χ0n) is 12.1. The molecular formula is C15H15N7. The van der Waals surface area contributed by atoms with Crippen LogP contribution in [-0.2, 0) is 6.54 Å². The highest BCUT2D eigenvalue weighted by Crippen LogP contribution is 2.23. The summed E-state index contributed by atoms with van der Waals surface area (Å²) in [4.78, 5) is 12.9. The molecule has 0 aliphatic rings. The van der Waals surface area contributed by atoms with Crippen LogP contribution in [0.15, 0.2) is 36.9 Å². The van der Waals surface area contributed by atoms with E-state index in [0.29, 0.717) is 18.8 Å². The summed E-state index contributed by atoms with van der Waals surface area (Å²) in [6.07, 6.45) is 5.39. The van der Waals surface area contributed by atoms with Crippen LogP contribution in [0.4, 0.5) is 5.82 Å². The summed E-state index contributed by atoms with van der Waals surface area (Å²) >= 11 is 0. The van der Waals surface area contributed by atoms with Crippen molar-refractivity contribution in [2.24, 2.45) is 0 Å². The number of nitriles is 1. The summed E-state index contributed by atoms with van der Waals surface area (Å²) in [5.74, 6) is 0.714. The van der Waals surface area contributed by atoms with Crippen LogP contribution in [0, 0.1) is 11.3 Å². The maximum Gasteiger partial charge on any atom is 0.163 e. The number of anilines is 1. The Hall–Kier alpha value is -3.01. The van der Waals surface area contributed by atoms with Gasteiger partial charge in [0.05, 0.1) is 42.4 Å². The van der Waals surface area contributed by atoms with Gasteiger partial charge in [-0.3, -0.25) is 4.98 Å².